The van der Waals surface area contributed by atoms with E-state index in [1.165, 1.54) is 12.1 Å². The molecule has 0 unspecified atom stereocenters. The molecule has 6 rings (SSSR count). The predicted octanol–water partition coefficient (Wildman–Crippen LogP) is 1.42. The molecule has 206 valence electrons. The molecule has 2 aromatic rings. The van der Waals surface area contributed by atoms with Gasteiger partial charge in [-0.1, -0.05) is 12.1 Å². The monoisotopic (exact) mass is 547 g/mol. The first-order valence-electron chi connectivity index (χ1n) is 13.4. The van der Waals surface area contributed by atoms with Gasteiger partial charge in [-0.25, -0.2) is 12.8 Å². The fourth-order valence-corrected chi connectivity index (χ4v) is 7.72. The third-order valence-electron chi connectivity index (χ3n) is 8.04. The maximum absolute atomic E-state index is 14.9. The number of fused-ring (bicyclic) bond motifs is 3. The van der Waals surface area contributed by atoms with Crippen molar-refractivity contribution in [1.82, 2.24) is 24.5 Å². The lowest BCUT2D eigenvalue weighted by Gasteiger charge is -2.36. The van der Waals surface area contributed by atoms with Gasteiger partial charge in [0.2, 0.25) is 0 Å². The molecule has 5 heterocycles. The Balaban J connectivity index is 1.36. The number of ether oxygens (including phenoxy) is 2. The minimum atomic E-state index is -3.97. The lowest BCUT2D eigenvalue weighted by atomic mass is 10.0. The lowest BCUT2D eigenvalue weighted by molar-refractivity contribution is 0.0294. The third kappa shape index (κ3) is 4.88. The van der Waals surface area contributed by atoms with Crippen LogP contribution in [-0.4, -0.2) is 118 Å². The molecule has 3 saturated heterocycles. The number of nitrogens with zero attached hydrogens (tertiary/aromatic N) is 5. The molecule has 0 bridgehead atoms. The van der Waals surface area contributed by atoms with Crippen molar-refractivity contribution in [1.29, 1.82) is 0 Å². The Hall–Kier alpha value is -2.38. The molecule has 0 saturated carbocycles. The number of hydrogen-bond donors (Lipinski definition) is 0. The Kier molecular flexibility index (Phi) is 7.25. The Morgan fingerprint density at radius 1 is 1.00 bits per heavy atom. The number of aromatic nitrogens is 2. The van der Waals surface area contributed by atoms with E-state index in [-0.39, 0.29) is 22.5 Å². The molecule has 12 heteroatoms. The molecule has 4 aliphatic rings. The Morgan fingerprint density at radius 3 is 2.47 bits per heavy atom. The topological polar surface area (TPSA) is 97.2 Å². The number of rotatable bonds is 5. The molecule has 3 fully saturated rings. The Labute approximate surface area is 222 Å². The molecule has 1 atom stereocenters. The Morgan fingerprint density at radius 2 is 1.71 bits per heavy atom. The van der Waals surface area contributed by atoms with E-state index in [0.29, 0.717) is 43.1 Å². The van der Waals surface area contributed by atoms with E-state index in [4.69, 9.17) is 14.6 Å². The normalized spacial score (nSPS) is 24.1. The highest BCUT2D eigenvalue weighted by Gasteiger charge is 2.40. The predicted molar refractivity (Wildman–Crippen MR) is 137 cm³/mol. The van der Waals surface area contributed by atoms with Crippen molar-refractivity contribution in [3.8, 4) is 11.3 Å². The molecule has 1 amide bonds. The molecule has 1 aromatic heterocycles. The first kappa shape index (κ1) is 25.9. The molecular formula is C26H34FN5O5S. The van der Waals surface area contributed by atoms with Gasteiger partial charge in [0.1, 0.15) is 10.7 Å². The molecule has 1 aromatic carbocycles. The van der Waals surface area contributed by atoms with Crippen LogP contribution in [0.15, 0.2) is 23.1 Å². The van der Waals surface area contributed by atoms with Gasteiger partial charge in [-0.15, -0.1) is 0 Å². The van der Waals surface area contributed by atoms with E-state index in [0.717, 1.165) is 65.3 Å². The molecule has 0 aliphatic carbocycles. The zero-order chi connectivity index (χ0) is 26.3. The summed E-state index contributed by atoms with van der Waals surface area (Å²) in [6.07, 6.45) is 1.81. The summed E-state index contributed by atoms with van der Waals surface area (Å²) >= 11 is 0. The highest BCUT2D eigenvalue weighted by atomic mass is 32.2. The van der Waals surface area contributed by atoms with Crippen molar-refractivity contribution < 1.29 is 27.1 Å². The van der Waals surface area contributed by atoms with E-state index in [9.17, 15) is 17.6 Å². The van der Waals surface area contributed by atoms with Crippen LogP contribution >= 0.6 is 0 Å². The van der Waals surface area contributed by atoms with E-state index in [1.54, 1.807) is 11.0 Å². The largest absolute Gasteiger partial charge is 0.379 e. The molecular weight excluding hydrogens is 513 g/mol. The van der Waals surface area contributed by atoms with Crippen LogP contribution in [0.3, 0.4) is 0 Å². The molecule has 0 spiro atoms. The van der Waals surface area contributed by atoms with Crippen LogP contribution in [0.1, 0.15) is 34.9 Å². The molecule has 0 radical (unpaired) electrons. The molecule has 10 nitrogen and oxygen atoms in total. The number of sulfone groups is 1. The first-order valence-corrected chi connectivity index (χ1v) is 15.1. The smallest absolute Gasteiger partial charge is 0.274 e. The molecule has 0 N–H and O–H groups in total. The lowest BCUT2D eigenvalue weighted by Crippen LogP contribution is -2.44. The number of halogens is 1. The van der Waals surface area contributed by atoms with Crippen LogP contribution in [0.2, 0.25) is 0 Å². The SMILES string of the molecule is O=C(c1nn([C@@H]2CCCN(CCN3CCOCC3)C2)c2c1CS(=O)(=O)c1c(F)cccc1-2)N1CCOCC1. The van der Waals surface area contributed by atoms with Crippen LogP contribution in [0.4, 0.5) is 4.39 Å². The number of morpholine rings is 2. The molecule has 38 heavy (non-hydrogen) atoms. The fraction of sp³-hybridized carbons (Fsp3) is 0.615. The van der Waals surface area contributed by atoms with E-state index >= 15 is 0 Å². The van der Waals surface area contributed by atoms with Crippen LogP contribution in [0, 0.1) is 5.82 Å². The van der Waals surface area contributed by atoms with Gasteiger partial charge in [-0.2, -0.15) is 5.10 Å². The minimum absolute atomic E-state index is 0.0506. The highest BCUT2D eigenvalue weighted by molar-refractivity contribution is 7.91. The quantitative estimate of drug-likeness (QED) is 0.555. The Bertz CT molecular complexity index is 1300. The number of hydrogen-bond acceptors (Lipinski definition) is 8. The summed E-state index contributed by atoms with van der Waals surface area (Å²) in [5, 5.41) is 4.81. The van der Waals surface area contributed by atoms with Crippen LogP contribution < -0.4 is 0 Å². The van der Waals surface area contributed by atoms with Gasteiger partial charge in [0, 0.05) is 56.9 Å². The van der Waals surface area contributed by atoms with Gasteiger partial charge >= 0.3 is 0 Å². The van der Waals surface area contributed by atoms with Crippen molar-refractivity contribution >= 4 is 15.7 Å². The number of carbonyl (C=O) groups is 1. The fourth-order valence-electron chi connectivity index (χ4n) is 6.06. The van der Waals surface area contributed by atoms with E-state index < -0.39 is 21.4 Å². The maximum Gasteiger partial charge on any atom is 0.274 e. The van der Waals surface area contributed by atoms with Gasteiger partial charge in [0.25, 0.3) is 5.91 Å². The zero-order valence-electron chi connectivity index (χ0n) is 21.5. The average molecular weight is 548 g/mol. The standard InChI is InChI=1S/C26H34FN5O5S/c27-22-5-1-4-20-24-21(18-38(34,35)25(20)22)23(26(33)31-11-15-37-16-12-31)28-32(24)19-3-2-6-30(17-19)8-7-29-9-13-36-14-10-29/h1,4-5,19H,2-3,6-18H2/t19-/m1/s1. The summed E-state index contributed by atoms with van der Waals surface area (Å²) in [6.45, 7) is 8.71. The summed E-state index contributed by atoms with van der Waals surface area (Å²) in [4.78, 5) is 19.8. The summed E-state index contributed by atoms with van der Waals surface area (Å²) in [5.41, 5.74) is 1.40. The minimum Gasteiger partial charge on any atom is -0.379 e. The highest BCUT2D eigenvalue weighted by Crippen LogP contribution is 2.43. The summed E-state index contributed by atoms with van der Waals surface area (Å²) in [6, 6.07) is 4.28. The second-order valence-electron chi connectivity index (χ2n) is 10.5. The van der Waals surface area contributed by atoms with Crippen molar-refractivity contribution in [2.24, 2.45) is 0 Å². The van der Waals surface area contributed by atoms with Gasteiger partial charge < -0.3 is 14.4 Å². The van der Waals surface area contributed by atoms with Crippen molar-refractivity contribution in [3.63, 3.8) is 0 Å². The number of likely N-dealkylation sites (tertiary alicyclic amines) is 1. The second-order valence-corrected chi connectivity index (χ2v) is 12.4. The third-order valence-corrected chi connectivity index (χ3v) is 9.75. The number of piperidine rings is 1. The van der Waals surface area contributed by atoms with Crippen molar-refractivity contribution in [2.75, 3.05) is 78.8 Å². The van der Waals surface area contributed by atoms with Gasteiger partial charge in [0.15, 0.2) is 15.5 Å². The maximum atomic E-state index is 14.9. The average Bonchev–Trinajstić information content (AvgIpc) is 3.31. The number of carbonyl (C=O) groups excluding carboxylic acids is 1. The van der Waals surface area contributed by atoms with Crippen LogP contribution in [0.25, 0.3) is 11.3 Å². The van der Waals surface area contributed by atoms with Crippen LogP contribution in [-0.2, 0) is 25.1 Å². The van der Waals surface area contributed by atoms with Crippen molar-refractivity contribution in [2.45, 2.75) is 29.5 Å². The van der Waals surface area contributed by atoms with Gasteiger partial charge in [-0.05, 0) is 25.5 Å². The second kappa shape index (κ2) is 10.6. The van der Waals surface area contributed by atoms with Crippen molar-refractivity contribution in [3.05, 3.63) is 35.3 Å². The molecule has 4 aliphatic heterocycles. The zero-order valence-corrected chi connectivity index (χ0v) is 22.3. The number of amides is 1. The first-order chi connectivity index (χ1) is 18.4. The van der Waals surface area contributed by atoms with E-state index in [1.807, 2.05) is 4.68 Å². The van der Waals surface area contributed by atoms with Gasteiger partial charge in [0.05, 0.1) is 43.9 Å². The van der Waals surface area contributed by atoms with Crippen LogP contribution in [0.5, 0.6) is 0 Å². The summed E-state index contributed by atoms with van der Waals surface area (Å²) in [5.74, 6) is -1.49. The van der Waals surface area contributed by atoms with E-state index in [2.05, 4.69) is 9.80 Å². The van der Waals surface area contributed by atoms with Gasteiger partial charge in [-0.3, -0.25) is 19.3 Å². The number of benzene rings is 1. The summed E-state index contributed by atoms with van der Waals surface area (Å²) < 4.78 is 54.1. The summed E-state index contributed by atoms with van der Waals surface area (Å²) in [7, 11) is -3.97.